The van der Waals surface area contributed by atoms with Gasteiger partial charge in [-0.2, -0.15) is 5.10 Å². The first-order chi connectivity index (χ1) is 11.3. The Morgan fingerprint density at radius 1 is 1.42 bits per heavy atom. The number of aromatic carboxylic acids is 1. The van der Waals surface area contributed by atoms with Crippen LogP contribution < -0.4 is 4.72 Å². The molecule has 1 aliphatic carbocycles. The third-order valence-electron chi connectivity index (χ3n) is 4.25. The monoisotopic (exact) mass is 349 g/mol. The molecular formula is C16H19N3O4S. The van der Waals surface area contributed by atoms with Crippen LogP contribution in [-0.4, -0.2) is 29.3 Å². The van der Waals surface area contributed by atoms with Crippen LogP contribution in [0.1, 0.15) is 45.9 Å². The highest BCUT2D eigenvalue weighted by Gasteiger charge is 2.29. The Morgan fingerprint density at radius 3 is 2.71 bits per heavy atom. The minimum absolute atomic E-state index is 0.0640. The lowest BCUT2D eigenvalue weighted by molar-refractivity contribution is 0.0696. The van der Waals surface area contributed by atoms with Crippen LogP contribution in [0.15, 0.2) is 29.3 Å². The number of nitrogens with one attached hydrogen (secondary N) is 1. The van der Waals surface area contributed by atoms with E-state index in [2.05, 4.69) is 9.82 Å². The molecule has 0 atom stereocenters. The summed E-state index contributed by atoms with van der Waals surface area (Å²) in [6.45, 7) is 1.74. The molecule has 1 saturated carbocycles. The minimum Gasteiger partial charge on any atom is -0.478 e. The van der Waals surface area contributed by atoms with Gasteiger partial charge in [-0.25, -0.2) is 17.9 Å². The van der Waals surface area contributed by atoms with E-state index >= 15 is 0 Å². The molecule has 128 valence electrons. The van der Waals surface area contributed by atoms with Gasteiger partial charge in [0.15, 0.2) is 0 Å². The number of hydrogen-bond donors (Lipinski definition) is 2. The second-order valence-corrected chi connectivity index (χ2v) is 7.79. The standard InChI is InChI=1S/C16H19N3O4S/c1-10-7-12(16(20)21)5-6-15(10)24(22,23)18-9-14-13(11-3-4-11)8-17-19(14)2/h5-8,11,18H,3-4,9H2,1-2H3,(H,20,21). The molecule has 0 amide bonds. The van der Waals surface area contributed by atoms with Gasteiger partial charge in [-0.3, -0.25) is 4.68 Å². The van der Waals surface area contributed by atoms with E-state index in [0.29, 0.717) is 11.5 Å². The number of aryl methyl sites for hydroxylation is 2. The number of aromatic nitrogens is 2. The Morgan fingerprint density at radius 2 is 2.12 bits per heavy atom. The van der Waals surface area contributed by atoms with E-state index in [-0.39, 0.29) is 17.0 Å². The zero-order valence-electron chi connectivity index (χ0n) is 13.5. The summed E-state index contributed by atoms with van der Waals surface area (Å²) in [7, 11) is -1.94. The molecule has 7 nitrogen and oxygen atoms in total. The second kappa shape index (κ2) is 6.03. The molecule has 0 bridgehead atoms. The van der Waals surface area contributed by atoms with Crippen molar-refractivity contribution in [2.24, 2.45) is 7.05 Å². The predicted molar refractivity (Wildman–Crippen MR) is 87.3 cm³/mol. The summed E-state index contributed by atoms with van der Waals surface area (Å²) < 4.78 is 29.4. The molecule has 1 fully saturated rings. The van der Waals surface area contributed by atoms with Crippen LogP contribution in [0.3, 0.4) is 0 Å². The molecule has 3 rings (SSSR count). The van der Waals surface area contributed by atoms with Crippen molar-refractivity contribution in [1.29, 1.82) is 0 Å². The van der Waals surface area contributed by atoms with Gasteiger partial charge in [0.2, 0.25) is 10.0 Å². The van der Waals surface area contributed by atoms with Crippen molar-refractivity contribution in [1.82, 2.24) is 14.5 Å². The van der Waals surface area contributed by atoms with Crippen LogP contribution in [0.4, 0.5) is 0 Å². The largest absolute Gasteiger partial charge is 0.478 e. The van der Waals surface area contributed by atoms with Gasteiger partial charge in [-0.1, -0.05) is 0 Å². The molecule has 0 unspecified atom stereocenters. The zero-order chi connectivity index (χ0) is 17.5. The highest BCUT2D eigenvalue weighted by atomic mass is 32.2. The van der Waals surface area contributed by atoms with Crippen molar-refractivity contribution < 1.29 is 18.3 Å². The summed E-state index contributed by atoms with van der Waals surface area (Å²) in [6, 6.07) is 3.98. The first-order valence-electron chi connectivity index (χ1n) is 7.64. The highest BCUT2D eigenvalue weighted by Crippen LogP contribution is 2.41. The van der Waals surface area contributed by atoms with Crippen molar-refractivity contribution in [2.75, 3.05) is 0 Å². The number of carboxylic acid groups (broad SMARTS) is 1. The zero-order valence-corrected chi connectivity index (χ0v) is 14.3. The number of hydrogen-bond acceptors (Lipinski definition) is 4. The maximum Gasteiger partial charge on any atom is 0.335 e. The SMILES string of the molecule is Cc1cc(C(=O)O)ccc1S(=O)(=O)NCc1c(C2CC2)cnn1C. The van der Waals surface area contributed by atoms with E-state index in [9.17, 15) is 13.2 Å². The van der Waals surface area contributed by atoms with E-state index in [1.165, 1.54) is 18.2 Å². The van der Waals surface area contributed by atoms with Crippen LogP contribution in [0, 0.1) is 6.92 Å². The average Bonchev–Trinajstić information content (AvgIpc) is 3.28. The fraction of sp³-hybridized carbons (Fsp3) is 0.375. The maximum absolute atomic E-state index is 12.5. The fourth-order valence-electron chi connectivity index (χ4n) is 2.76. The molecule has 8 heteroatoms. The number of benzene rings is 1. The summed E-state index contributed by atoms with van der Waals surface area (Å²) in [4.78, 5) is 11.1. The van der Waals surface area contributed by atoms with Gasteiger partial charge in [0.1, 0.15) is 0 Å². The van der Waals surface area contributed by atoms with Gasteiger partial charge < -0.3 is 5.11 Å². The highest BCUT2D eigenvalue weighted by molar-refractivity contribution is 7.89. The molecule has 1 aromatic heterocycles. The Bertz CT molecular complexity index is 898. The molecule has 1 aromatic carbocycles. The Balaban J connectivity index is 1.82. The third kappa shape index (κ3) is 3.20. The van der Waals surface area contributed by atoms with Crippen molar-refractivity contribution in [2.45, 2.75) is 37.1 Å². The summed E-state index contributed by atoms with van der Waals surface area (Å²) in [5.41, 5.74) is 2.42. The third-order valence-corrected chi connectivity index (χ3v) is 5.81. The number of carbonyl (C=O) groups is 1. The van der Waals surface area contributed by atoms with E-state index in [0.717, 1.165) is 24.1 Å². The minimum atomic E-state index is -3.73. The van der Waals surface area contributed by atoms with Crippen LogP contribution in [-0.2, 0) is 23.6 Å². The van der Waals surface area contributed by atoms with Gasteiger partial charge in [0.25, 0.3) is 0 Å². The summed E-state index contributed by atoms with van der Waals surface area (Å²) in [6.07, 6.45) is 4.02. The lowest BCUT2D eigenvalue weighted by Crippen LogP contribution is -2.25. The van der Waals surface area contributed by atoms with Crippen LogP contribution in [0.25, 0.3) is 0 Å². The lowest BCUT2D eigenvalue weighted by Gasteiger charge is -2.11. The summed E-state index contributed by atoms with van der Waals surface area (Å²) >= 11 is 0. The van der Waals surface area contributed by atoms with E-state index in [1.54, 1.807) is 24.9 Å². The van der Waals surface area contributed by atoms with Gasteiger partial charge in [-0.05, 0) is 55.0 Å². The van der Waals surface area contributed by atoms with E-state index in [1.807, 2.05) is 0 Å². The Labute approximate surface area is 140 Å². The van der Waals surface area contributed by atoms with E-state index < -0.39 is 16.0 Å². The van der Waals surface area contributed by atoms with Crippen molar-refractivity contribution in [3.63, 3.8) is 0 Å². The molecule has 0 aliphatic heterocycles. The predicted octanol–water partition coefficient (Wildman–Crippen LogP) is 1.78. The molecule has 0 radical (unpaired) electrons. The first-order valence-corrected chi connectivity index (χ1v) is 9.12. The number of rotatable bonds is 6. The van der Waals surface area contributed by atoms with Crippen molar-refractivity contribution >= 4 is 16.0 Å². The topological polar surface area (TPSA) is 101 Å². The van der Waals surface area contributed by atoms with E-state index in [4.69, 9.17) is 5.11 Å². The average molecular weight is 349 g/mol. The van der Waals surface area contributed by atoms with Gasteiger partial charge in [-0.15, -0.1) is 0 Å². The summed E-state index contributed by atoms with van der Waals surface area (Å²) in [5, 5.41) is 13.2. The fourth-order valence-corrected chi connectivity index (χ4v) is 3.97. The van der Waals surface area contributed by atoms with Gasteiger partial charge >= 0.3 is 5.97 Å². The lowest BCUT2D eigenvalue weighted by atomic mass is 10.1. The smallest absolute Gasteiger partial charge is 0.335 e. The molecule has 24 heavy (non-hydrogen) atoms. The molecule has 1 heterocycles. The van der Waals surface area contributed by atoms with Gasteiger partial charge in [0.05, 0.1) is 28.9 Å². The Hall–Kier alpha value is -2.19. The van der Waals surface area contributed by atoms with Crippen LogP contribution >= 0.6 is 0 Å². The Kier molecular flexibility index (Phi) is 4.18. The second-order valence-electron chi connectivity index (χ2n) is 6.05. The molecule has 0 saturated heterocycles. The van der Waals surface area contributed by atoms with Crippen molar-refractivity contribution in [3.8, 4) is 0 Å². The maximum atomic E-state index is 12.5. The normalized spacial score (nSPS) is 14.8. The number of nitrogens with zero attached hydrogens (tertiary/aromatic N) is 2. The first kappa shape index (κ1) is 16.7. The van der Waals surface area contributed by atoms with Gasteiger partial charge in [0, 0.05) is 7.05 Å². The van der Waals surface area contributed by atoms with Crippen LogP contribution in [0.2, 0.25) is 0 Å². The summed E-state index contributed by atoms with van der Waals surface area (Å²) in [5.74, 6) is -0.603. The number of sulfonamides is 1. The van der Waals surface area contributed by atoms with Crippen LogP contribution in [0.5, 0.6) is 0 Å². The van der Waals surface area contributed by atoms with Crippen molar-refractivity contribution in [3.05, 3.63) is 46.8 Å². The molecule has 1 aliphatic rings. The molecule has 0 spiro atoms. The molecular weight excluding hydrogens is 330 g/mol. The molecule has 2 N–H and O–H groups in total. The molecule has 2 aromatic rings. The quantitative estimate of drug-likeness (QED) is 0.828. The number of carboxylic acids is 1.